The Morgan fingerprint density at radius 1 is 1.22 bits per heavy atom. The van der Waals surface area contributed by atoms with Gasteiger partial charge in [-0.2, -0.15) is 5.26 Å². The van der Waals surface area contributed by atoms with E-state index in [0.717, 1.165) is 16.0 Å². The number of thioether (sulfide) groups is 1. The van der Waals surface area contributed by atoms with Gasteiger partial charge in [0, 0.05) is 42.0 Å². The van der Waals surface area contributed by atoms with Gasteiger partial charge in [-0.1, -0.05) is 12.1 Å². The minimum Gasteiger partial charge on any atom is -0.444 e. The number of likely N-dealkylation sites (tertiary alicyclic amines) is 1. The fraction of sp³-hybridized carbons (Fsp3) is 0.409. The van der Waals surface area contributed by atoms with Gasteiger partial charge in [0.05, 0.1) is 23.5 Å². The van der Waals surface area contributed by atoms with Gasteiger partial charge in [0.15, 0.2) is 0 Å². The number of pyridine rings is 1. The van der Waals surface area contributed by atoms with E-state index < -0.39 is 27.0 Å². The van der Waals surface area contributed by atoms with Gasteiger partial charge < -0.3 is 9.64 Å². The molecule has 32 heavy (non-hydrogen) atoms. The van der Waals surface area contributed by atoms with Crippen LogP contribution in [0, 0.1) is 11.3 Å². The van der Waals surface area contributed by atoms with E-state index in [2.05, 4.69) is 11.1 Å². The third kappa shape index (κ3) is 4.27. The van der Waals surface area contributed by atoms with Gasteiger partial charge in [-0.25, -0.2) is 13.2 Å². The maximum Gasteiger partial charge on any atom is 0.410 e. The summed E-state index contributed by atoms with van der Waals surface area (Å²) < 4.78 is 33.5. The molecule has 3 heterocycles. The number of nitriles is 1. The van der Waals surface area contributed by atoms with Crippen molar-refractivity contribution in [1.29, 1.82) is 5.26 Å². The summed E-state index contributed by atoms with van der Waals surface area (Å²) in [5.74, 6) is 0.613. The van der Waals surface area contributed by atoms with Crippen molar-refractivity contribution in [2.75, 3.05) is 29.7 Å². The number of hydrogen-bond acceptors (Lipinski definition) is 7. The molecule has 0 saturated carbocycles. The zero-order valence-electron chi connectivity index (χ0n) is 18.1. The van der Waals surface area contributed by atoms with Crippen LogP contribution < -0.4 is 4.31 Å². The van der Waals surface area contributed by atoms with Crippen molar-refractivity contribution >= 4 is 33.6 Å². The van der Waals surface area contributed by atoms with E-state index in [-0.39, 0.29) is 13.1 Å². The zero-order chi connectivity index (χ0) is 23.1. The molecule has 0 unspecified atom stereocenters. The second-order valence-corrected chi connectivity index (χ2v) is 11.9. The fourth-order valence-electron chi connectivity index (χ4n) is 3.59. The number of amides is 1. The Bertz CT molecular complexity index is 1180. The molecule has 2 aromatic rings. The van der Waals surface area contributed by atoms with Crippen molar-refractivity contribution in [2.45, 2.75) is 36.5 Å². The molecule has 0 radical (unpaired) electrons. The summed E-state index contributed by atoms with van der Waals surface area (Å²) in [6.07, 6.45) is 2.80. The zero-order valence-corrected chi connectivity index (χ0v) is 19.7. The van der Waals surface area contributed by atoms with E-state index in [1.807, 2.05) is 12.1 Å². The SMILES string of the molecule is CC(C)(C)OC(=O)N1CC(S(=O)(=O)N2CCSc3c(-c4ccc(C#N)cc4)cncc32)C1. The highest BCUT2D eigenvalue weighted by Gasteiger charge is 2.45. The molecule has 1 fully saturated rings. The van der Waals surface area contributed by atoms with Gasteiger partial charge in [0.25, 0.3) is 0 Å². The van der Waals surface area contributed by atoms with Gasteiger partial charge in [0.1, 0.15) is 10.9 Å². The number of aromatic nitrogens is 1. The van der Waals surface area contributed by atoms with Crippen molar-refractivity contribution in [2.24, 2.45) is 0 Å². The molecule has 0 spiro atoms. The lowest BCUT2D eigenvalue weighted by Gasteiger charge is -2.42. The lowest BCUT2D eigenvalue weighted by atomic mass is 10.1. The Balaban J connectivity index is 1.57. The maximum absolute atomic E-state index is 13.4. The number of hydrogen-bond donors (Lipinski definition) is 0. The van der Waals surface area contributed by atoms with E-state index >= 15 is 0 Å². The van der Waals surface area contributed by atoms with Crippen LogP contribution in [-0.4, -0.2) is 60.6 Å². The third-order valence-electron chi connectivity index (χ3n) is 5.24. The molecule has 1 amide bonds. The summed E-state index contributed by atoms with van der Waals surface area (Å²) in [6.45, 7) is 5.90. The highest BCUT2D eigenvalue weighted by atomic mass is 32.2. The number of fused-ring (bicyclic) bond motifs is 1. The highest BCUT2D eigenvalue weighted by molar-refractivity contribution is 8.00. The second kappa shape index (κ2) is 8.30. The van der Waals surface area contributed by atoms with Crippen molar-refractivity contribution in [3.63, 3.8) is 0 Å². The number of nitrogens with zero attached hydrogens (tertiary/aromatic N) is 4. The number of rotatable bonds is 3. The highest BCUT2D eigenvalue weighted by Crippen LogP contribution is 2.43. The van der Waals surface area contributed by atoms with E-state index in [9.17, 15) is 13.2 Å². The van der Waals surface area contributed by atoms with Crippen molar-refractivity contribution in [3.8, 4) is 17.2 Å². The molecular formula is C22H24N4O4S2. The summed E-state index contributed by atoms with van der Waals surface area (Å²) in [7, 11) is -3.67. The first-order valence-corrected chi connectivity index (χ1v) is 12.7. The number of ether oxygens (including phenoxy) is 1. The lowest BCUT2D eigenvalue weighted by Crippen LogP contribution is -2.61. The molecule has 0 aliphatic carbocycles. The first kappa shape index (κ1) is 22.4. The van der Waals surface area contributed by atoms with Crippen LogP contribution in [0.2, 0.25) is 0 Å². The first-order chi connectivity index (χ1) is 15.1. The quantitative estimate of drug-likeness (QED) is 0.674. The predicted molar refractivity (Wildman–Crippen MR) is 123 cm³/mol. The van der Waals surface area contributed by atoms with Crippen molar-refractivity contribution in [3.05, 3.63) is 42.2 Å². The van der Waals surface area contributed by atoms with Gasteiger partial charge in [-0.05, 0) is 38.5 Å². The number of sulfonamides is 1. The average Bonchev–Trinajstić information content (AvgIpc) is 2.70. The van der Waals surface area contributed by atoms with E-state index in [1.54, 1.807) is 57.1 Å². The average molecular weight is 473 g/mol. The molecule has 4 rings (SSSR count). The Kier molecular flexibility index (Phi) is 5.81. The van der Waals surface area contributed by atoms with Crippen LogP contribution >= 0.6 is 11.8 Å². The number of anilines is 1. The Morgan fingerprint density at radius 3 is 2.53 bits per heavy atom. The minimum atomic E-state index is -3.67. The summed E-state index contributed by atoms with van der Waals surface area (Å²) >= 11 is 1.59. The van der Waals surface area contributed by atoms with Crippen LogP contribution in [0.1, 0.15) is 26.3 Å². The Morgan fingerprint density at radius 2 is 1.91 bits per heavy atom. The van der Waals surface area contributed by atoms with Crippen LogP contribution in [0.25, 0.3) is 11.1 Å². The molecule has 0 atom stereocenters. The van der Waals surface area contributed by atoms with Gasteiger partial charge in [-0.15, -0.1) is 11.8 Å². The molecule has 10 heteroatoms. The van der Waals surface area contributed by atoms with Gasteiger partial charge in [-0.3, -0.25) is 9.29 Å². The standard InChI is InChI=1S/C22H24N4O4S2/c1-22(2,3)30-21(27)25-13-17(14-25)32(28,29)26-8-9-31-20-18(11-24-12-19(20)26)16-6-4-15(10-23)5-7-16/h4-7,11-12,17H,8-9,13-14H2,1-3H3. The summed E-state index contributed by atoms with van der Waals surface area (Å²) in [6, 6.07) is 9.25. The molecule has 0 bridgehead atoms. The number of benzene rings is 1. The first-order valence-electron chi connectivity index (χ1n) is 10.2. The van der Waals surface area contributed by atoms with E-state index in [4.69, 9.17) is 10.00 Å². The minimum absolute atomic E-state index is 0.110. The number of carbonyl (C=O) groups excluding carboxylic acids is 1. The predicted octanol–water partition coefficient (Wildman–Crippen LogP) is 3.48. The second-order valence-electron chi connectivity index (χ2n) is 8.70. The molecule has 168 valence electrons. The smallest absolute Gasteiger partial charge is 0.410 e. The fourth-order valence-corrected chi connectivity index (χ4v) is 6.74. The molecule has 2 aliphatic heterocycles. The third-order valence-corrected chi connectivity index (χ3v) is 8.48. The normalized spacial score (nSPS) is 16.7. The molecule has 1 aromatic carbocycles. The molecule has 1 saturated heterocycles. The van der Waals surface area contributed by atoms with E-state index in [0.29, 0.717) is 23.5 Å². The van der Waals surface area contributed by atoms with Crippen LogP contribution in [-0.2, 0) is 14.8 Å². The molecular weight excluding hydrogens is 448 g/mol. The van der Waals surface area contributed by atoms with Gasteiger partial charge in [0.2, 0.25) is 10.0 Å². The summed E-state index contributed by atoms with van der Waals surface area (Å²) in [5.41, 5.74) is 2.19. The van der Waals surface area contributed by atoms with Gasteiger partial charge >= 0.3 is 6.09 Å². The largest absolute Gasteiger partial charge is 0.444 e. The van der Waals surface area contributed by atoms with Crippen LogP contribution in [0.3, 0.4) is 0 Å². The molecule has 1 aromatic heterocycles. The monoisotopic (exact) mass is 472 g/mol. The summed E-state index contributed by atoms with van der Waals surface area (Å²) in [5, 5.41) is 8.36. The molecule has 0 N–H and O–H groups in total. The van der Waals surface area contributed by atoms with Crippen LogP contribution in [0.5, 0.6) is 0 Å². The topological polar surface area (TPSA) is 104 Å². The summed E-state index contributed by atoms with van der Waals surface area (Å²) in [4.78, 5) is 18.8. The number of carbonyl (C=O) groups is 1. The molecule has 2 aliphatic rings. The molecule has 8 nitrogen and oxygen atoms in total. The van der Waals surface area contributed by atoms with Crippen LogP contribution in [0.4, 0.5) is 10.5 Å². The Hall–Kier alpha value is -2.77. The maximum atomic E-state index is 13.4. The lowest BCUT2D eigenvalue weighted by molar-refractivity contribution is 0.0139. The van der Waals surface area contributed by atoms with E-state index in [1.165, 1.54) is 9.21 Å². The van der Waals surface area contributed by atoms with Crippen molar-refractivity contribution < 1.29 is 17.9 Å². The van der Waals surface area contributed by atoms with Crippen molar-refractivity contribution in [1.82, 2.24) is 9.88 Å². The van der Waals surface area contributed by atoms with Crippen LogP contribution in [0.15, 0.2) is 41.6 Å². The Labute approximate surface area is 192 Å².